The van der Waals surface area contributed by atoms with Crippen LogP contribution in [0.15, 0.2) is 0 Å². The molecule has 1 rings (SSSR count). The van der Waals surface area contributed by atoms with E-state index in [0.717, 1.165) is 6.42 Å². The SMILES string of the molecule is CCCC[C@H](NC(=O)[C@H](CCCCN)NC(=O)[C@H](CCCNC(=N)N)NC(=O)[C@@H](NC(=O)CNC(=O)[C@H](CC(C)C)NC(=O)[C@@H]1CCCN1C(=O)[C@@H](N)CCCCN)C(C)C)C(=O)O. The number of carboxylic acid groups (broad SMARTS) is 1. The summed E-state index contributed by atoms with van der Waals surface area (Å²) < 4.78 is 0. The molecule has 7 atom stereocenters. The fraction of sp³-hybridized carbons (Fsp3) is 0.786. The fourth-order valence-corrected chi connectivity index (χ4v) is 7.20. The van der Waals surface area contributed by atoms with Crippen LogP contribution in [0.3, 0.4) is 0 Å². The lowest BCUT2D eigenvalue weighted by Gasteiger charge is -2.29. The molecule has 17 N–H and O–H groups in total. The van der Waals surface area contributed by atoms with E-state index in [2.05, 4.69) is 37.2 Å². The van der Waals surface area contributed by atoms with Crippen molar-refractivity contribution in [3.63, 3.8) is 0 Å². The molecule has 366 valence electrons. The van der Waals surface area contributed by atoms with Crippen molar-refractivity contribution in [2.24, 2.45) is 34.8 Å². The number of nitrogens with zero attached hydrogens (tertiary/aromatic N) is 1. The maximum atomic E-state index is 13.8. The number of carbonyl (C=O) groups excluding carboxylic acids is 7. The summed E-state index contributed by atoms with van der Waals surface area (Å²) in [7, 11) is 0. The van der Waals surface area contributed by atoms with Crippen LogP contribution in [0.25, 0.3) is 0 Å². The number of unbranched alkanes of at least 4 members (excludes halogenated alkanes) is 3. The Bertz CT molecular complexity index is 1530. The molecule has 0 spiro atoms. The maximum absolute atomic E-state index is 13.8. The zero-order valence-electron chi connectivity index (χ0n) is 38.6. The lowest BCUT2D eigenvalue weighted by molar-refractivity contribution is -0.142. The van der Waals surface area contributed by atoms with Gasteiger partial charge in [-0.2, -0.15) is 0 Å². The van der Waals surface area contributed by atoms with E-state index >= 15 is 0 Å². The molecule has 22 nitrogen and oxygen atoms in total. The maximum Gasteiger partial charge on any atom is 0.326 e. The Hall–Kier alpha value is -5.09. The van der Waals surface area contributed by atoms with Crippen molar-refractivity contribution in [3.05, 3.63) is 0 Å². The molecule has 22 heteroatoms. The average Bonchev–Trinajstić information content (AvgIpc) is 3.73. The number of amides is 7. The molecule has 0 unspecified atom stereocenters. The van der Waals surface area contributed by atoms with Crippen LogP contribution in [0.4, 0.5) is 0 Å². The zero-order chi connectivity index (χ0) is 48.4. The molecular formula is C42H79N13O9. The molecule has 0 saturated carbocycles. The van der Waals surface area contributed by atoms with Crippen LogP contribution in [0, 0.1) is 17.2 Å². The van der Waals surface area contributed by atoms with E-state index in [4.69, 9.17) is 28.3 Å². The molecule has 0 aromatic rings. The van der Waals surface area contributed by atoms with Gasteiger partial charge >= 0.3 is 5.97 Å². The number of hydrogen-bond acceptors (Lipinski definition) is 12. The lowest BCUT2D eigenvalue weighted by Crippen LogP contribution is -2.59. The molecule has 1 heterocycles. The van der Waals surface area contributed by atoms with Crippen LogP contribution in [0.2, 0.25) is 0 Å². The number of rotatable bonds is 32. The summed E-state index contributed by atoms with van der Waals surface area (Å²) in [6.45, 7) is 9.75. The molecule has 0 aromatic heterocycles. The smallest absolute Gasteiger partial charge is 0.326 e. The van der Waals surface area contributed by atoms with Gasteiger partial charge in [-0.3, -0.25) is 39.0 Å². The van der Waals surface area contributed by atoms with Crippen LogP contribution < -0.4 is 60.2 Å². The van der Waals surface area contributed by atoms with Crippen LogP contribution in [-0.4, -0.2) is 138 Å². The van der Waals surface area contributed by atoms with Gasteiger partial charge in [0, 0.05) is 13.1 Å². The standard InChI is InChI=1S/C42H79N13O9/c1-6-7-15-30(41(63)64)52-37(59)28(16-9-11-20-44)50-36(58)29(17-12-21-48-42(46)47)51-39(61)34(26(4)5)54-33(56)24-49-35(57)31(23-25(2)3)53-38(60)32-18-13-22-55(32)40(62)27(45)14-8-10-19-43/h25-32,34H,6-24,43-45H2,1-5H3,(H,49,57)(H,50,58)(H,51,61)(H,52,59)(H,53,60)(H,54,56)(H,63,64)(H4,46,47,48)/t27-,28-,29-,30-,31-,32-,34-/m0/s1. The molecule has 1 aliphatic heterocycles. The third-order valence-electron chi connectivity index (χ3n) is 10.8. The Morgan fingerprint density at radius 3 is 1.81 bits per heavy atom. The summed E-state index contributed by atoms with van der Waals surface area (Å²) in [5.74, 6) is -6.44. The van der Waals surface area contributed by atoms with Gasteiger partial charge in [0.05, 0.1) is 12.6 Å². The highest BCUT2D eigenvalue weighted by atomic mass is 16.4. The minimum Gasteiger partial charge on any atom is -0.480 e. The van der Waals surface area contributed by atoms with E-state index in [1.165, 1.54) is 4.90 Å². The minimum absolute atomic E-state index is 0.0232. The first kappa shape index (κ1) is 56.9. The molecule has 64 heavy (non-hydrogen) atoms. The van der Waals surface area contributed by atoms with Gasteiger partial charge < -0.3 is 70.2 Å². The Kier molecular flexibility index (Phi) is 27.5. The van der Waals surface area contributed by atoms with E-state index < -0.39 is 96.2 Å². The minimum atomic E-state index is -1.24. The Morgan fingerprint density at radius 1 is 0.703 bits per heavy atom. The highest BCUT2D eigenvalue weighted by Crippen LogP contribution is 2.20. The van der Waals surface area contributed by atoms with Crippen molar-refractivity contribution in [1.29, 1.82) is 5.41 Å². The summed E-state index contributed by atoms with van der Waals surface area (Å²) in [5.41, 5.74) is 22.8. The van der Waals surface area contributed by atoms with E-state index in [1.54, 1.807) is 13.8 Å². The van der Waals surface area contributed by atoms with Crippen LogP contribution in [0.5, 0.6) is 0 Å². The highest BCUT2D eigenvalue weighted by molar-refractivity contribution is 5.97. The molecule has 0 radical (unpaired) electrons. The summed E-state index contributed by atoms with van der Waals surface area (Å²) in [6, 6.07) is -7.37. The Morgan fingerprint density at radius 2 is 1.27 bits per heavy atom. The molecule has 0 aliphatic carbocycles. The number of aliphatic carboxylic acids is 1. The van der Waals surface area contributed by atoms with Crippen molar-refractivity contribution in [2.75, 3.05) is 32.7 Å². The first-order valence-corrected chi connectivity index (χ1v) is 22.8. The summed E-state index contributed by atoms with van der Waals surface area (Å²) in [4.78, 5) is 108. The van der Waals surface area contributed by atoms with Gasteiger partial charge in [0.1, 0.15) is 36.3 Å². The second-order valence-corrected chi connectivity index (χ2v) is 17.2. The van der Waals surface area contributed by atoms with Crippen LogP contribution >= 0.6 is 0 Å². The summed E-state index contributed by atoms with van der Waals surface area (Å²) >= 11 is 0. The average molecular weight is 910 g/mol. The van der Waals surface area contributed by atoms with Crippen molar-refractivity contribution in [2.45, 2.75) is 167 Å². The predicted octanol–water partition coefficient (Wildman–Crippen LogP) is -1.66. The molecular weight excluding hydrogens is 831 g/mol. The number of nitrogens with one attached hydrogen (secondary N) is 8. The first-order valence-electron chi connectivity index (χ1n) is 22.8. The second-order valence-electron chi connectivity index (χ2n) is 17.2. The third kappa shape index (κ3) is 21.5. The number of carboxylic acids is 1. The summed E-state index contributed by atoms with van der Waals surface area (Å²) in [6.07, 6.45) is 5.90. The van der Waals surface area contributed by atoms with E-state index in [-0.39, 0.29) is 56.4 Å². The number of guanidine groups is 1. The van der Waals surface area contributed by atoms with Crippen molar-refractivity contribution < 1.29 is 43.5 Å². The normalized spacial score (nSPS) is 16.4. The lowest BCUT2D eigenvalue weighted by atomic mass is 10.0. The van der Waals surface area contributed by atoms with Crippen LogP contribution in [0.1, 0.15) is 125 Å². The Balaban J connectivity index is 3.13. The van der Waals surface area contributed by atoms with Crippen molar-refractivity contribution in [1.82, 2.24) is 42.1 Å². The number of carbonyl (C=O) groups is 8. The molecule has 1 saturated heterocycles. The van der Waals surface area contributed by atoms with E-state index in [9.17, 15) is 43.5 Å². The van der Waals surface area contributed by atoms with Crippen molar-refractivity contribution >= 4 is 53.3 Å². The number of hydrogen-bond donors (Lipinski definition) is 13. The summed E-state index contributed by atoms with van der Waals surface area (Å²) in [5, 5.41) is 35.6. The van der Waals surface area contributed by atoms with E-state index in [1.807, 2.05) is 20.8 Å². The molecule has 0 bridgehead atoms. The van der Waals surface area contributed by atoms with Gasteiger partial charge in [-0.25, -0.2) is 4.79 Å². The van der Waals surface area contributed by atoms with Gasteiger partial charge in [0.25, 0.3) is 0 Å². The van der Waals surface area contributed by atoms with Crippen molar-refractivity contribution in [3.8, 4) is 0 Å². The predicted molar refractivity (Wildman–Crippen MR) is 242 cm³/mol. The van der Waals surface area contributed by atoms with Crippen LogP contribution in [-0.2, 0) is 38.4 Å². The van der Waals surface area contributed by atoms with Gasteiger partial charge in [-0.05, 0) is 95.6 Å². The van der Waals surface area contributed by atoms with E-state index in [0.29, 0.717) is 71.0 Å². The van der Waals surface area contributed by atoms with Gasteiger partial charge in [-0.1, -0.05) is 53.9 Å². The van der Waals surface area contributed by atoms with Gasteiger partial charge in [-0.15, -0.1) is 0 Å². The quantitative estimate of drug-likeness (QED) is 0.0204. The van der Waals surface area contributed by atoms with Gasteiger partial charge in [0.2, 0.25) is 41.4 Å². The highest BCUT2D eigenvalue weighted by Gasteiger charge is 2.38. The second kappa shape index (κ2) is 30.9. The first-order chi connectivity index (χ1) is 30.3. The number of nitrogens with two attached hydrogens (primary N) is 4. The monoisotopic (exact) mass is 910 g/mol. The van der Waals surface area contributed by atoms with Gasteiger partial charge in [0.15, 0.2) is 5.96 Å². The third-order valence-corrected chi connectivity index (χ3v) is 10.8. The Labute approximate surface area is 377 Å². The molecule has 7 amide bonds. The zero-order valence-corrected chi connectivity index (χ0v) is 38.6. The largest absolute Gasteiger partial charge is 0.480 e. The molecule has 1 aliphatic rings. The topological polar surface area (TPSA) is 372 Å². The number of likely N-dealkylation sites (tertiary alicyclic amines) is 1. The molecule has 1 fully saturated rings. The fourth-order valence-electron chi connectivity index (χ4n) is 7.20. The molecule has 0 aromatic carbocycles.